The van der Waals surface area contributed by atoms with E-state index in [0.717, 1.165) is 31.8 Å². The van der Waals surface area contributed by atoms with Gasteiger partial charge in [0.05, 0.1) is 12.1 Å². The SMILES string of the molecule is CCn1ccnc1C(CC1CCCCO1)NN. The lowest BCUT2D eigenvalue weighted by molar-refractivity contribution is 0.00429. The molecule has 0 aromatic carbocycles. The van der Waals surface area contributed by atoms with Gasteiger partial charge in [-0.1, -0.05) is 0 Å². The van der Waals surface area contributed by atoms with Gasteiger partial charge in [-0.15, -0.1) is 0 Å². The van der Waals surface area contributed by atoms with Crippen molar-refractivity contribution < 1.29 is 4.74 Å². The molecule has 0 aliphatic carbocycles. The highest BCUT2D eigenvalue weighted by molar-refractivity contribution is 4.99. The summed E-state index contributed by atoms with van der Waals surface area (Å²) in [5.41, 5.74) is 2.86. The maximum Gasteiger partial charge on any atom is 0.127 e. The number of aromatic nitrogens is 2. The van der Waals surface area contributed by atoms with Crippen molar-refractivity contribution in [3.8, 4) is 0 Å². The first-order chi connectivity index (χ1) is 8.35. The van der Waals surface area contributed by atoms with E-state index in [1.54, 1.807) is 0 Å². The van der Waals surface area contributed by atoms with Crippen molar-refractivity contribution in [2.24, 2.45) is 5.84 Å². The Labute approximate surface area is 102 Å². The van der Waals surface area contributed by atoms with Crippen LogP contribution in [0.4, 0.5) is 0 Å². The van der Waals surface area contributed by atoms with Gasteiger partial charge in [-0.25, -0.2) is 10.4 Å². The number of nitrogens with one attached hydrogen (secondary N) is 1. The van der Waals surface area contributed by atoms with Gasteiger partial charge in [0.15, 0.2) is 0 Å². The number of hydrogen-bond acceptors (Lipinski definition) is 4. The van der Waals surface area contributed by atoms with Crippen LogP contribution in [-0.4, -0.2) is 22.3 Å². The van der Waals surface area contributed by atoms with Crippen molar-refractivity contribution in [2.45, 2.75) is 51.3 Å². The lowest BCUT2D eigenvalue weighted by Crippen LogP contribution is -2.34. The molecule has 1 saturated heterocycles. The van der Waals surface area contributed by atoms with Crippen molar-refractivity contribution in [3.05, 3.63) is 18.2 Å². The molecule has 1 fully saturated rings. The Morgan fingerprint density at radius 2 is 2.53 bits per heavy atom. The van der Waals surface area contributed by atoms with Crippen LogP contribution in [0.25, 0.3) is 0 Å². The second kappa shape index (κ2) is 6.14. The van der Waals surface area contributed by atoms with E-state index < -0.39 is 0 Å². The summed E-state index contributed by atoms with van der Waals surface area (Å²) < 4.78 is 7.87. The number of aryl methyl sites for hydroxylation is 1. The average Bonchev–Trinajstić information content (AvgIpc) is 2.85. The summed E-state index contributed by atoms with van der Waals surface area (Å²) >= 11 is 0. The molecule has 2 atom stereocenters. The van der Waals surface area contributed by atoms with E-state index in [1.807, 2.05) is 12.4 Å². The third-order valence-electron chi connectivity index (χ3n) is 3.37. The molecule has 2 unspecified atom stereocenters. The van der Waals surface area contributed by atoms with Crippen LogP contribution in [0.5, 0.6) is 0 Å². The molecule has 2 rings (SSSR count). The second-order valence-electron chi connectivity index (χ2n) is 4.51. The van der Waals surface area contributed by atoms with Gasteiger partial charge >= 0.3 is 0 Å². The standard InChI is InChI=1S/C12H22N4O/c1-2-16-7-6-14-12(16)11(15-13)9-10-5-3-4-8-17-10/h6-7,10-11,15H,2-5,8-9,13H2,1H3. The normalized spacial score (nSPS) is 22.6. The summed E-state index contributed by atoms with van der Waals surface area (Å²) in [6.07, 6.45) is 8.59. The molecule has 0 saturated carbocycles. The molecule has 3 N–H and O–H groups in total. The van der Waals surface area contributed by atoms with Crippen molar-refractivity contribution in [2.75, 3.05) is 6.61 Å². The van der Waals surface area contributed by atoms with Crippen molar-refractivity contribution in [1.82, 2.24) is 15.0 Å². The molecule has 1 aliphatic heterocycles. The van der Waals surface area contributed by atoms with E-state index in [2.05, 4.69) is 21.9 Å². The topological polar surface area (TPSA) is 65.1 Å². The number of rotatable bonds is 5. The third-order valence-corrected chi connectivity index (χ3v) is 3.37. The van der Waals surface area contributed by atoms with Gasteiger partial charge in [0.1, 0.15) is 5.82 Å². The second-order valence-corrected chi connectivity index (χ2v) is 4.51. The minimum atomic E-state index is 0.0769. The fourth-order valence-electron chi connectivity index (χ4n) is 2.40. The fourth-order valence-corrected chi connectivity index (χ4v) is 2.40. The van der Waals surface area contributed by atoms with Crippen LogP contribution in [0.1, 0.15) is 44.5 Å². The monoisotopic (exact) mass is 238 g/mol. The molecule has 17 heavy (non-hydrogen) atoms. The quantitative estimate of drug-likeness (QED) is 0.600. The highest BCUT2D eigenvalue weighted by atomic mass is 16.5. The average molecular weight is 238 g/mol. The fraction of sp³-hybridized carbons (Fsp3) is 0.750. The van der Waals surface area contributed by atoms with Gasteiger partial charge in [-0.2, -0.15) is 0 Å². The van der Waals surface area contributed by atoms with Gasteiger partial charge in [0.25, 0.3) is 0 Å². The van der Waals surface area contributed by atoms with Crippen LogP contribution >= 0.6 is 0 Å². The van der Waals surface area contributed by atoms with E-state index in [0.29, 0.717) is 6.10 Å². The third kappa shape index (κ3) is 3.06. The first-order valence-corrected chi connectivity index (χ1v) is 6.44. The first kappa shape index (κ1) is 12.5. The van der Waals surface area contributed by atoms with Crippen molar-refractivity contribution >= 4 is 0 Å². The summed E-state index contributed by atoms with van der Waals surface area (Å²) in [5.74, 6) is 6.65. The largest absolute Gasteiger partial charge is 0.378 e. The Morgan fingerprint density at radius 1 is 1.65 bits per heavy atom. The summed E-state index contributed by atoms with van der Waals surface area (Å²) in [7, 11) is 0. The number of nitrogens with zero attached hydrogens (tertiary/aromatic N) is 2. The predicted molar refractivity (Wildman–Crippen MR) is 66.2 cm³/mol. The first-order valence-electron chi connectivity index (χ1n) is 6.44. The number of ether oxygens (including phenoxy) is 1. The maximum absolute atomic E-state index is 5.75. The summed E-state index contributed by atoms with van der Waals surface area (Å²) in [4.78, 5) is 4.39. The lowest BCUT2D eigenvalue weighted by atomic mass is 10.0. The minimum absolute atomic E-state index is 0.0769. The summed E-state index contributed by atoms with van der Waals surface area (Å²) in [6.45, 7) is 3.90. The van der Waals surface area contributed by atoms with E-state index in [4.69, 9.17) is 10.6 Å². The highest BCUT2D eigenvalue weighted by Crippen LogP contribution is 2.23. The Hall–Kier alpha value is -0.910. The van der Waals surface area contributed by atoms with Crippen molar-refractivity contribution in [1.29, 1.82) is 0 Å². The van der Waals surface area contributed by atoms with Crippen LogP contribution in [0.2, 0.25) is 0 Å². The molecule has 0 radical (unpaired) electrons. The van der Waals surface area contributed by atoms with E-state index >= 15 is 0 Å². The van der Waals surface area contributed by atoms with Crippen LogP contribution in [0, 0.1) is 0 Å². The number of imidazole rings is 1. The van der Waals surface area contributed by atoms with Gasteiger partial charge < -0.3 is 9.30 Å². The molecular formula is C12H22N4O. The smallest absolute Gasteiger partial charge is 0.127 e. The Morgan fingerprint density at radius 3 is 3.18 bits per heavy atom. The number of nitrogens with two attached hydrogens (primary N) is 1. The van der Waals surface area contributed by atoms with Crippen LogP contribution in [0.15, 0.2) is 12.4 Å². The van der Waals surface area contributed by atoms with Gasteiger partial charge in [0, 0.05) is 25.5 Å². The highest BCUT2D eigenvalue weighted by Gasteiger charge is 2.22. The van der Waals surface area contributed by atoms with Crippen LogP contribution < -0.4 is 11.3 Å². The Kier molecular flexibility index (Phi) is 4.53. The van der Waals surface area contributed by atoms with Gasteiger partial charge in [0.2, 0.25) is 0 Å². The summed E-state index contributed by atoms with van der Waals surface area (Å²) in [5, 5.41) is 0. The molecule has 0 spiro atoms. The lowest BCUT2D eigenvalue weighted by Gasteiger charge is -2.26. The maximum atomic E-state index is 5.75. The molecule has 1 aliphatic rings. The minimum Gasteiger partial charge on any atom is -0.378 e. The zero-order chi connectivity index (χ0) is 12.1. The molecule has 2 heterocycles. The predicted octanol–water partition coefficient (Wildman–Crippen LogP) is 1.37. The molecule has 96 valence electrons. The summed E-state index contributed by atoms with van der Waals surface area (Å²) in [6, 6.07) is 0.0769. The molecular weight excluding hydrogens is 216 g/mol. The number of hydrogen-bond donors (Lipinski definition) is 2. The van der Waals surface area contributed by atoms with Gasteiger partial charge in [-0.3, -0.25) is 5.84 Å². The van der Waals surface area contributed by atoms with Crippen LogP contribution in [0.3, 0.4) is 0 Å². The zero-order valence-electron chi connectivity index (χ0n) is 10.4. The Balaban J connectivity index is 2.00. The zero-order valence-corrected chi connectivity index (χ0v) is 10.4. The van der Waals surface area contributed by atoms with E-state index in [-0.39, 0.29) is 6.04 Å². The van der Waals surface area contributed by atoms with Crippen LogP contribution in [-0.2, 0) is 11.3 Å². The molecule has 0 amide bonds. The molecule has 0 bridgehead atoms. The molecule has 1 aromatic heterocycles. The number of hydrazine groups is 1. The van der Waals surface area contributed by atoms with Crippen molar-refractivity contribution in [3.63, 3.8) is 0 Å². The van der Waals surface area contributed by atoms with E-state index in [9.17, 15) is 0 Å². The molecule has 5 heteroatoms. The van der Waals surface area contributed by atoms with Gasteiger partial charge in [-0.05, 0) is 32.6 Å². The van der Waals surface area contributed by atoms with E-state index in [1.165, 1.54) is 12.8 Å². The molecule has 5 nitrogen and oxygen atoms in total. The Bertz CT molecular complexity index is 333. The molecule has 1 aromatic rings.